The quantitative estimate of drug-likeness (QED) is 0.556. The van der Waals surface area contributed by atoms with E-state index < -0.39 is 9.70 Å². The van der Waals surface area contributed by atoms with Gasteiger partial charge in [0, 0.05) is 0 Å². The van der Waals surface area contributed by atoms with Crippen molar-refractivity contribution in [2.24, 2.45) is 0 Å². The van der Waals surface area contributed by atoms with Gasteiger partial charge in [-0.1, -0.05) is 47.0 Å². The highest BCUT2D eigenvalue weighted by atomic mass is 35.6. The van der Waals surface area contributed by atoms with Crippen LogP contribution in [0.1, 0.15) is 19.8 Å². The average Bonchev–Trinajstić information content (AvgIpc) is 2.33. The molecule has 1 rings (SSSR count). The Morgan fingerprint density at radius 2 is 2.15 bits per heavy atom. The lowest BCUT2D eigenvalue weighted by molar-refractivity contribution is -0.121. The molecular weight excluding hydrogens is 232 g/mol. The maximum Gasteiger partial charge on any atom is 0.272 e. The molecule has 1 aliphatic rings. The molecule has 1 aliphatic carbocycles. The van der Waals surface area contributed by atoms with Crippen molar-refractivity contribution < 1.29 is 4.79 Å². The van der Waals surface area contributed by atoms with Gasteiger partial charge in [0.2, 0.25) is 0 Å². The SMILES string of the molecule is C[C@]1(NC(=O)C(Cl)(Cl)Cl)C=CCC1. The van der Waals surface area contributed by atoms with E-state index in [4.69, 9.17) is 34.8 Å². The second-order valence-electron chi connectivity index (χ2n) is 3.31. The topological polar surface area (TPSA) is 29.1 Å². The van der Waals surface area contributed by atoms with Crippen LogP contribution in [-0.2, 0) is 4.79 Å². The van der Waals surface area contributed by atoms with E-state index in [-0.39, 0.29) is 5.54 Å². The van der Waals surface area contributed by atoms with E-state index in [2.05, 4.69) is 5.32 Å². The van der Waals surface area contributed by atoms with Crippen molar-refractivity contribution in [1.82, 2.24) is 5.32 Å². The van der Waals surface area contributed by atoms with Crippen LogP contribution < -0.4 is 5.32 Å². The Morgan fingerprint density at radius 1 is 1.54 bits per heavy atom. The molecule has 0 aromatic carbocycles. The number of carbonyl (C=O) groups is 1. The summed E-state index contributed by atoms with van der Waals surface area (Å²) in [7, 11) is 0. The molecule has 13 heavy (non-hydrogen) atoms. The van der Waals surface area contributed by atoms with Gasteiger partial charge < -0.3 is 5.32 Å². The van der Waals surface area contributed by atoms with Crippen molar-refractivity contribution in [2.75, 3.05) is 0 Å². The Hall–Kier alpha value is 0.0800. The molecule has 0 aromatic heterocycles. The van der Waals surface area contributed by atoms with Crippen LogP contribution in [0.25, 0.3) is 0 Å². The summed E-state index contributed by atoms with van der Waals surface area (Å²) < 4.78 is -1.88. The summed E-state index contributed by atoms with van der Waals surface area (Å²) in [4.78, 5) is 11.3. The number of hydrogen-bond donors (Lipinski definition) is 1. The predicted molar refractivity (Wildman–Crippen MR) is 55.2 cm³/mol. The smallest absolute Gasteiger partial charge is 0.272 e. The Labute approximate surface area is 92.2 Å². The minimum absolute atomic E-state index is 0.360. The first-order chi connectivity index (χ1) is 5.83. The third kappa shape index (κ3) is 3.04. The second kappa shape index (κ2) is 3.68. The predicted octanol–water partition coefficient (Wildman–Crippen LogP) is 2.58. The summed E-state index contributed by atoms with van der Waals surface area (Å²) in [6.07, 6.45) is 5.70. The molecule has 5 heteroatoms. The third-order valence-corrected chi connectivity index (χ3v) is 2.49. The molecule has 2 nitrogen and oxygen atoms in total. The summed E-state index contributed by atoms with van der Waals surface area (Å²) in [5, 5.41) is 2.67. The highest BCUT2D eigenvalue weighted by Crippen LogP contribution is 2.29. The van der Waals surface area contributed by atoms with E-state index in [1.165, 1.54) is 0 Å². The van der Waals surface area contributed by atoms with Crippen LogP contribution in [0.4, 0.5) is 0 Å². The van der Waals surface area contributed by atoms with Crippen molar-refractivity contribution in [3.8, 4) is 0 Å². The minimum atomic E-state index is -1.88. The third-order valence-electron chi connectivity index (χ3n) is 1.97. The summed E-state index contributed by atoms with van der Waals surface area (Å²) in [6.45, 7) is 1.89. The number of alkyl halides is 3. The molecule has 74 valence electrons. The van der Waals surface area contributed by atoms with E-state index in [1.807, 2.05) is 19.1 Å². The molecule has 0 heterocycles. The molecule has 1 amide bonds. The van der Waals surface area contributed by atoms with E-state index in [9.17, 15) is 4.79 Å². The fourth-order valence-corrected chi connectivity index (χ4v) is 1.39. The molecule has 0 saturated heterocycles. The first-order valence-corrected chi connectivity index (χ1v) is 5.04. The molecule has 0 radical (unpaired) electrons. The fraction of sp³-hybridized carbons (Fsp3) is 0.625. The van der Waals surface area contributed by atoms with Gasteiger partial charge in [0.05, 0.1) is 5.54 Å². The molecule has 0 aromatic rings. The van der Waals surface area contributed by atoms with Gasteiger partial charge in [0.25, 0.3) is 9.70 Å². The van der Waals surface area contributed by atoms with Gasteiger partial charge in [-0.15, -0.1) is 0 Å². The lowest BCUT2D eigenvalue weighted by Gasteiger charge is -2.25. The van der Waals surface area contributed by atoms with Crippen LogP contribution in [0, 0.1) is 0 Å². The second-order valence-corrected chi connectivity index (χ2v) is 5.59. The van der Waals surface area contributed by atoms with Gasteiger partial charge >= 0.3 is 0 Å². The zero-order valence-electron chi connectivity index (χ0n) is 7.11. The summed E-state index contributed by atoms with van der Waals surface area (Å²) in [5.74, 6) is -0.577. The van der Waals surface area contributed by atoms with Crippen molar-refractivity contribution in [2.45, 2.75) is 29.1 Å². The molecule has 0 saturated carbocycles. The molecular formula is C8H10Cl3NO. The summed E-state index contributed by atoms with van der Waals surface area (Å²) in [6, 6.07) is 0. The van der Waals surface area contributed by atoms with Crippen LogP contribution in [0.5, 0.6) is 0 Å². The largest absolute Gasteiger partial charge is 0.344 e. The molecule has 0 fully saturated rings. The van der Waals surface area contributed by atoms with Crippen molar-refractivity contribution >= 4 is 40.7 Å². The van der Waals surface area contributed by atoms with Crippen molar-refractivity contribution in [3.63, 3.8) is 0 Å². The van der Waals surface area contributed by atoms with Gasteiger partial charge in [-0.2, -0.15) is 0 Å². The fourth-order valence-electron chi connectivity index (χ4n) is 1.24. The number of nitrogens with one attached hydrogen (secondary N) is 1. The zero-order chi connectivity index (χ0) is 10.1. The van der Waals surface area contributed by atoms with E-state index in [0.29, 0.717) is 0 Å². The Bertz CT molecular complexity index is 246. The van der Waals surface area contributed by atoms with Crippen LogP contribution in [0.3, 0.4) is 0 Å². The normalized spacial score (nSPS) is 27.7. The molecule has 0 unspecified atom stereocenters. The monoisotopic (exact) mass is 241 g/mol. The minimum Gasteiger partial charge on any atom is -0.344 e. The standard InChI is InChI=1S/C8H10Cl3NO/c1-7(4-2-3-5-7)12-6(13)8(9,10)11/h2,4H,3,5H2,1H3,(H,12,13)/t7-/m0/s1. The highest BCUT2D eigenvalue weighted by molar-refractivity contribution is 6.76. The number of halogens is 3. The number of carbonyl (C=O) groups excluding carboxylic acids is 1. The lowest BCUT2D eigenvalue weighted by Crippen LogP contribution is -2.47. The summed E-state index contributed by atoms with van der Waals surface area (Å²) >= 11 is 16.3. The van der Waals surface area contributed by atoms with Gasteiger partial charge in [0.15, 0.2) is 0 Å². The first-order valence-electron chi connectivity index (χ1n) is 3.90. The van der Waals surface area contributed by atoms with Crippen molar-refractivity contribution in [1.29, 1.82) is 0 Å². The molecule has 0 spiro atoms. The maximum atomic E-state index is 11.3. The Kier molecular flexibility index (Phi) is 3.16. The molecule has 0 aliphatic heterocycles. The van der Waals surface area contributed by atoms with Crippen LogP contribution >= 0.6 is 34.8 Å². The van der Waals surface area contributed by atoms with Crippen LogP contribution in [-0.4, -0.2) is 15.2 Å². The molecule has 1 N–H and O–H groups in total. The van der Waals surface area contributed by atoms with Crippen LogP contribution in [0.2, 0.25) is 0 Å². The van der Waals surface area contributed by atoms with Gasteiger partial charge in [-0.3, -0.25) is 4.79 Å². The lowest BCUT2D eigenvalue weighted by atomic mass is 10.0. The van der Waals surface area contributed by atoms with Crippen molar-refractivity contribution in [3.05, 3.63) is 12.2 Å². The van der Waals surface area contributed by atoms with Gasteiger partial charge in [-0.25, -0.2) is 0 Å². The summed E-state index contributed by atoms with van der Waals surface area (Å²) in [5.41, 5.74) is -0.360. The van der Waals surface area contributed by atoms with Gasteiger partial charge in [0.1, 0.15) is 0 Å². The maximum absolute atomic E-state index is 11.3. The molecule has 1 atom stereocenters. The number of amides is 1. The number of rotatable bonds is 1. The average molecular weight is 243 g/mol. The van der Waals surface area contributed by atoms with Crippen LogP contribution in [0.15, 0.2) is 12.2 Å². The first kappa shape index (κ1) is 11.2. The number of allylic oxidation sites excluding steroid dienone is 1. The Balaban J connectivity index is 2.59. The molecule has 0 bridgehead atoms. The Morgan fingerprint density at radius 3 is 2.54 bits per heavy atom. The number of hydrogen-bond acceptors (Lipinski definition) is 1. The van der Waals surface area contributed by atoms with Gasteiger partial charge in [-0.05, 0) is 19.8 Å². The van der Waals surface area contributed by atoms with E-state index >= 15 is 0 Å². The zero-order valence-corrected chi connectivity index (χ0v) is 9.38. The highest BCUT2D eigenvalue weighted by Gasteiger charge is 2.36. The van der Waals surface area contributed by atoms with E-state index in [0.717, 1.165) is 12.8 Å². The van der Waals surface area contributed by atoms with E-state index in [1.54, 1.807) is 0 Å².